The van der Waals surface area contributed by atoms with E-state index in [0.29, 0.717) is 31.7 Å². The lowest BCUT2D eigenvalue weighted by molar-refractivity contribution is 0.120. The second-order valence-corrected chi connectivity index (χ2v) is 4.77. The highest BCUT2D eigenvalue weighted by Crippen LogP contribution is 2.17. The van der Waals surface area contributed by atoms with Gasteiger partial charge in [0.05, 0.1) is 19.8 Å². The van der Waals surface area contributed by atoms with Gasteiger partial charge in [-0.05, 0) is 12.1 Å². The molecule has 0 amide bonds. The fourth-order valence-corrected chi connectivity index (χ4v) is 2.17. The standard InChI is InChI=1S/C14H18N4O2/c1-17(12-5-3-2-4-6-12)11-13-15-16-14(20-13)18-7-9-19-10-8-18/h2-6H,7-11H2,1H3. The Balaban J connectivity index is 1.65. The first kappa shape index (κ1) is 12.9. The minimum Gasteiger partial charge on any atom is -0.406 e. The largest absolute Gasteiger partial charge is 0.406 e. The van der Waals surface area contributed by atoms with Crippen LogP contribution in [-0.2, 0) is 11.3 Å². The van der Waals surface area contributed by atoms with Gasteiger partial charge in [-0.1, -0.05) is 23.3 Å². The molecule has 0 N–H and O–H groups in total. The van der Waals surface area contributed by atoms with Crippen molar-refractivity contribution in [1.82, 2.24) is 10.2 Å². The Labute approximate surface area is 118 Å². The van der Waals surface area contributed by atoms with Crippen molar-refractivity contribution in [2.24, 2.45) is 0 Å². The predicted octanol–water partition coefficient (Wildman–Crippen LogP) is 1.54. The molecule has 0 bridgehead atoms. The smallest absolute Gasteiger partial charge is 0.318 e. The number of hydrogen-bond acceptors (Lipinski definition) is 6. The molecule has 0 atom stereocenters. The third kappa shape index (κ3) is 2.91. The summed E-state index contributed by atoms with van der Waals surface area (Å²) in [5.41, 5.74) is 1.12. The van der Waals surface area contributed by atoms with Crippen LogP contribution in [0.25, 0.3) is 0 Å². The summed E-state index contributed by atoms with van der Waals surface area (Å²) < 4.78 is 11.0. The molecular formula is C14H18N4O2. The zero-order valence-electron chi connectivity index (χ0n) is 11.5. The summed E-state index contributed by atoms with van der Waals surface area (Å²) in [6.07, 6.45) is 0. The van der Waals surface area contributed by atoms with Crippen LogP contribution < -0.4 is 9.80 Å². The Morgan fingerprint density at radius 3 is 2.65 bits per heavy atom. The third-order valence-corrected chi connectivity index (χ3v) is 3.31. The molecule has 6 heteroatoms. The van der Waals surface area contributed by atoms with Crippen LogP contribution in [0.3, 0.4) is 0 Å². The number of rotatable bonds is 4. The summed E-state index contributed by atoms with van der Waals surface area (Å²) in [6, 6.07) is 10.7. The summed E-state index contributed by atoms with van der Waals surface area (Å²) in [7, 11) is 2.01. The molecule has 3 rings (SSSR count). The Morgan fingerprint density at radius 2 is 1.90 bits per heavy atom. The zero-order chi connectivity index (χ0) is 13.8. The fraction of sp³-hybridized carbons (Fsp3) is 0.429. The molecule has 1 aliphatic heterocycles. The third-order valence-electron chi connectivity index (χ3n) is 3.31. The normalized spacial score (nSPS) is 15.3. The van der Waals surface area contributed by atoms with E-state index in [1.54, 1.807) is 0 Å². The molecule has 0 unspecified atom stereocenters. The van der Waals surface area contributed by atoms with Crippen LogP contribution in [0.4, 0.5) is 11.7 Å². The summed E-state index contributed by atoms with van der Waals surface area (Å²) in [5, 5.41) is 8.23. The van der Waals surface area contributed by atoms with Gasteiger partial charge in [0.1, 0.15) is 0 Å². The number of anilines is 2. The van der Waals surface area contributed by atoms with Crippen LogP contribution in [0.5, 0.6) is 0 Å². The molecule has 6 nitrogen and oxygen atoms in total. The Hall–Kier alpha value is -2.08. The molecule has 1 aliphatic rings. The molecule has 0 saturated carbocycles. The van der Waals surface area contributed by atoms with E-state index in [9.17, 15) is 0 Å². The quantitative estimate of drug-likeness (QED) is 0.843. The van der Waals surface area contributed by atoms with E-state index in [4.69, 9.17) is 9.15 Å². The molecule has 0 spiro atoms. The van der Waals surface area contributed by atoms with E-state index >= 15 is 0 Å². The average molecular weight is 274 g/mol. The van der Waals surface area contributed by atoms with Gasteiger partial charge >= 0.3 is 6.01 Å². The topological polar surface area (TPSA) is 54.6 Å². The van der Waals surface area contributed by atoms with Gasteiger partial charge in [-0.3, -0.25) is 0 Å². The van der Waals surface area contributed by atoms with E-state index in [0.717, 1.165) is 18.8 Å². The number of hydrogen-bond donors (Lipinski definition) is 0. The Bertz CT molecular complexity index is 537. The molecule has 2 aromatic rings. The van der Waals surface area contributed by atoms with Gasteiger partial charge in [0, 0.05) is 25.8 Å². The lowest BCUT2D eigenvalue weighted by Gasteiger charge is -2.24. The summed E-state index contributed by atoms with van der Waals surface area (Å²) in [5.74, 6) is 0.623. The van der Waals surface area contributed by atoms with Crippen LogP contribution in [0.2, 0.25) is 0 Å². The molecule has 2 heterocycles. The first-order valence-electron chi connectivity index (χ1n) is 6.74. The van der Waals surface area contributed by atoms with Gasteiger partial charge in [-0.2, -0.15) is 0 Å². The molecule has 106 valence electrons. The maximum Gasteiger partial charge on any atom is 0.318 e. The molecule has 1 saturated heterocycles. The number of morpholine rings is 1. The SMILES string of the molecule is CN(Cc1nnc(N2CCOCC2)o1)c1ccccc1. The van der Waals surface area contributed by atoms with Crippen LogP contribution in [0.1, 0.15) is 5.89 Å². The monoisotopic (exact) mass is 274 g/mol. The van der Waals surface area contributed by atoms with E-state index in [-0.39, 0.29) is 0 Å². The van der Waals surface area contributed by atoms with Crippen molar-refractivity contribution < 1.29 is 9.15 Å². The zero-order valence-corrected chi connectivity index (χ0v) is 11.5. The van der Waals surface area contributed by atoms with E-state index in [1.807, 2.05) is 25.2 Å². The van der Waals surface area contributed by atoms with E-state index in [2.05, 4.69) is 32.1 Å². The van der Waals surface area contributed by atoms with Gasteiger partial charge in [-0.15, -0.1) is 5.10 Å². The molecule has 0 radical (unpaired) electrons. The number of benzene rings is 1. The van der Waals surface area contributed by atoms with Crippen molar-refractivity contribution in [1.29, 1.82) is 0 Å². The number of ether oxygens (including phenoxy) is 1. The van der Waals surface area contributed by atoms with Crippen LogP contribution in [-0.4, -0.2) is 43.5 Å². The second-order valence-electron chi connectivity index (χ2n) is 4.77. The minimum absolute atomic E-state index is 0.588. The van der Waals surface area contributed by atoms with Crippen molar-refractivity contribution in [3.8, 4) is 0 Å². The van der Waals surface area contributed by atoms with Gasteiger partial charge in [0.15, 0.2) is 0 Å². The number of para-hydroxylation sites is 1. The average Bonchev–Trinajstić information content (AvgIpc) is 2.97. The van der Waals surface area contributed by atoms with E-state index in [1.165, 1.54) is 0 Å². The van der Waals surface area contributed by atoms with Gasteiger partial charge in [0.2, 0.25) is 5.89 Å². The highest BCUT2D eigenvalue weighted by atomic mass is 16.5. The van der Waals surface area contributed by atoms with Crippen LogP contribution in [0, 0.1) is 0 Å². The molecule has 1 aromatic carbocycles. The highest BCUT2D eigenvalue weighted by molar-refractivity contribution is 5.44. The molecule has 1 aromatic heterocycles. The number of nitrogens with zero attached hydrogens (tertiary/aromatic N) is 4. The Morgan fingerprint density at radius 1 is 1.15 bits per heavy atom. The molecule has 20 heavy (non-hydrogen) atoms. The molecular weight excluding hydrogens is 256 g/mol. The van der Waals surface area contributed by atoms with Crippen molar-refractivity contribution in [3.63, 3.8) is 0 Å². The lowest BCUT2D eigenvalue weighted by atomic mass is 10.3. The van der Waals surface area contributed by atoms with Gasteiger partial charge in [0.25, 0.3) is 0 Å². The molecule has 1 fully saturated rings. The van der Waals surface area contributed by atoms with Crippen molar-refractivity contribution in [3.05, 3.63) is 36.2 Å². The van der Waals surface area contributed by atoms with Gasteiger partial charge < -0.3 is 19.0 Å². The summed E-state index contributed by atoms with van der Waals surface area (Å²) in [4.78, 5) is 4.14. The maximum absolute atomic E-state index is 5.72. The highest BCUT2D eigenvalue weighted by Gasteiger charge is 2.17. The van der Waals surface area contributed by atoms with Crippen molar-refractivity contribution in [2.75, 3.05) is 43.2 Å². The van der Waals surface area contributed by atoms with Crippen molar-refractivity contribution in [2.45, 2.75) is 6.54 Å². The molecule has 0 aliphatic carbocycles. The summed E-state index contributed by atoms with van der Waals surface area (Å²) >= 11 is 0. The predicted molar refractivity (Wildman–Crippen MR) is 75.9 cm³/mol. The van der Waals surface area contributed by atoms with Gasteiger partial charge in [-0.25, -0.2) is 0 Å². The maximum atomic E-state index is 5.72. The van der Waals surface area contributed by atoms with Crippen molar-refractivity contribution >= 4 is 11.7 Å². The lowest BCUT2D eigenvalue weighted by Crippen LogP contribution is -2.36. The van der Waals surface area contributed by atoms with E-state index < -0.39 is 0 Å². The first-order valence-corrected chi connectivity index (χ1v) is 6.74. The second kappa shape index (κ2) is 5.92. The van der Waals surface area contributed by atoms with Crippen LogP contribution >= 0.6 is 0 Å². The summed E-state index contributed by atoms with van der Waals surface area (Å²) in [6.45, 7) is 3.62. The first-order chi connectivity index (χ1) is 9.83. The number of aromatic nitrogens is 2. The Kier molecular flexibility index (Phi) is 3.83. The fourth-order valence-electron chi connectivity index (χ4n) is 2.17. The van der Waals surface area contributed by atoms with Crippen LogP contribution in [0.15, 0.2) is 34.7 Å². The minimum atomic E-state index is 0.588.